The molecule has 0 amide bonds. The van der Waals surface area contributed by atoms with Crippen LogP contribution in [-0.2, 0) is 13.0 Å². The van der Waals surface area contributed by atoms with Gasteiger partial charge in [-0.25, -0.2) is 15.8 Å². The Morgan fingerprint density at radius 1 is 1.40 bits per heavy atom. The first-order valence-electron chi connectivity index (χ1n) is 6.72. The first-order chi connectivity index (χ1) is 9.65. The van der Waals surface area contributed by atoms with Crippen LogP contribution < -0.4 is 16.2 Å². The molecule has 0 aliphatic heterocycles. The monoisotopic (exact) mass is 291 g/mol. The topological polar surface area (TPSA) is 67.1 Å². The van der Waals surface area contributed by atoms with E-state index in [1.54, 1.807) is 11.3 Å². The normalized spacial score (nSPS) is 10.6. The lowest BCUT2D eigenvalue weighted by Crippen LogP contribution is -2.22. The molecule has 2 aromatic heterocycles. The van der Waals surface area contributed by atoms with Crippen molar-refractivity contribution in [3.63, 3.8) is 0 Å². The smallest absolute Gasteiger partial charge is 0.148 e. The van der Waals surface area contributed by atoms with E-state index in [2.05, 4.69) is 44.0 Å². The zero-order chi connectivity index (χ0) is 14.5. The van der Waals surface area contributed by atoms with Gasteiger partial charge in [-0.3, -0.25) is 0 Å². The highest BCUT2D eigenvalue weighted by atomic mass is 32.1. The zero-order valence-electron chi connectivity index (χ0n) is 12.2. The van der Waals surface area contributed by atoms with E-state index >= 15 is 0 Å². The molecule has 5 nitrogen and oxygen atoms in total. The van der Waals surface area contributed by atoms with Gasteiger partial charge in [0.1, 0.15) is 17.5 Å². The molecular weight excluding hydrogens is 270 g/mol. The number of thiophene rings is 1. The average molecular weight is 291 g/mol. The summed E-state index contributed by atoms with van der Waals surface area (Å²) in [5, 5.41) is 4.24. The summed E-state index contributed by atoms with van der Waals surface area (Å²) in [6.45, 7) is 4.94. The van der Waals surface area contributed by atoms with Gasteiger partial charge in [0.15, 0.2) is 0 Å². The molecule has 0 aliphatic rings. The number of nitrogens with two attached hydrogens (primary N) is 1. The molecule has 0 aromatic carbocycles. The van der Waals surface area contributed by atoms with Crippen LogP contribution >= 0.6 is 11.3 Å². The molecule has 0 radical (unpaired) electrons. The number of anilines is 2. The summed E-state index contributed by atoms with van der Waals surface area (Å²) in [6, 6.07) is 2.13. The Morgan fingerprint density at radius 3 is 2.80 bits per heavy atom. The van der Waals surface area contributed by atoms with Gasteiger partial charge >= 0.3 is 0 Å². The molecule has 20 heavy (non-hydrogen) atoms. The van der Waals surface area contributed by atoms with Gasteiger partial charge in [-0.1, -0.05) is 6.92 Å². The highest BCUT2D eigenvalue weighted by Crippen LogP contribution is 2.24. The third-order valence-corrected chi connectivity index (χ3v) is 3.87. The minimum absolute atomic E-state index is 0.704. The number of nitrogen functional groups attached to an aromatic ring is 1. The van der Waals surface area contributed by atoms with E-state index in [1.807, 2.05) is 14.0 Å². The fourth-order valence-electron chi connectivity index (χ4n) is 2.13. The molecule has 0 aliphatic carbocycles. The third kappa shape index (κ3) is 3.26. The molecule has 6 heteroatoms. The predicted octanol–water partition coefficient (Wildman–Crippen LogP) is 2.72. The Bertz CT molecular complexity index is 553. The van der Waals surface area contributed by atoms with Crippen LogP contribution in [-0.4, -0.2) is 17.0 Å². The molecule has 108 valence electrons. The van der Waals surface area contributed by atoms with Crippen molar-refractivity contribution in [2.45, 2.75) is 33.2 Å². The van der Waals surface area contributed by atoms with E-state index in [0.717, 1.165) is 36.6 Å². The third-order valence-electron chi connectivity index (χ3n) is 3.14. The van der Waals surface area contributed by atoms with Gasteiger partial charge in [-0.15, -0.1) is 0 Å². The molecule has 2 aromatic rings. The van der Waals surface area contributed by atoms with Crippen molar-refractivity contribution in [3.8, 4) is 0 Å². The van der Waals surface area contributed by atoms with Crippen LogP contribution in [0.5, 0.6) is 0 Å². The lowest BCUT2D eigenvalue weighted by molar-refractivity contribution is 0.807. The molecule has 0 unspecified atom stereocenters. The second-order valence-electron chi connectivity index (χ2n) is 4.82. The number of aromatic nitrogens is 2. The summed E-state index contributed by atoms with van der Waals surface area (Å²) in [5.74, 6) is 8.03. The Labute approximate surface area is 123 Å². The highest BCUT2D eigenvalue weighted by molar-refractivity contribution is 7.07. The maximum Gasteiger partial charge on any atom is 0.148 e. The molecule has 0 atom stereocenters. The molecule has 0 fully saturated rings. The van der Waals surface area contributed by atoms with E-state index in [9.17, 15) is 0 Å². The van der Waals surface area contributed by atoms with Crippen molar-refractivity contribution in [2.24, 2.45) is 5.84 Å². The predicted molar refractivity (Wildman–Crippen MR) is 85.0 cm³/mol. The first-order valence-corrected chi connectivity index (χ1v) is 7.66. The van der Waals surface area contributed by atoms with Crippen LogP contribution in [0.25, 0.3) is 0 Å². The van der Waals surface area contributed by atoms with Crippen molar-refractivity contribution in [1.29, 1.82) is 0 Å². The van der Waals surface area contributed by atoms with Gasteiger partial charge in [0.25, 0.3) is 0 Å². The number of nitrogens with zero attached hydrogens (tertiary/aromatic N) is 3. The quantitative estimate of drug-likeness (QED) is 0.633. The molecule has 0 spiro atoms. The molecule has 0 bridgehead atoms. The summed E-state index contributed by atoms with van der Waals surface area (Å²) in [7, 11) is 2.04. The van der Waals surface area contributed by atoms with Crippen LogP contribution in [0.1, 0.15) is 30.3 Å². The summed E-state index contributed by atoms with van der Waals surface area (Å²) in [4.78, 5) is 11.3. The van der Waals surface area contributed by atoms with Crippen LogP contribution in [0.15, 0.2) is 16.8 Å². The van der Waals surface area contributed by atoms with Crippen LogP contribution in [0.3, 0.4) is 0 Å². The second-order valence-corrected chi connectivity index (χ2v) is 5.60. The summed E-state index contributed by atoms with van der Waals surface area (Å²) in [6.07, 6.45) is 1.87. The molecule has 0 saturated heterocycles. The van der Waals surface area contributed by atoms with Gasteiger partial charge in [0, 0.05) is 25.6 Å². The number of rotatable bonds is 6. The van der Waals surface area contributed by atoms with Gasteiger partial charge in [0.05, 0.1) is 0 Å². The Hall–Kier alpha value is -1.66. The zero-order valence-corrected chi connectivity index (χ0v) is 13.0. The highest BCUT2D eigenvalue weighted by Gasteiger charge is 2.14. The van der Waals surface area contributed by atoms with Gasteiger partial charge < -0.3 is 10.3 Å². The number of hydrazine groups is 1. The number of aryl methyl sites for hydroxylation is 1. The molecule has 3 N–H and O–H groups in total. The fraction of sp³-hybridized carbons (Fsp3) is 0.429. The maximum absolute atomic E-state index is 5.56. The molecule has 2 heterocycles. The lowest BCUT2D eigenvalue weighted by Gasteiger charge is -2.21. The van der Waals surface area contributed by atoms with Crippen LogP contribution in [0.2, 0.25) is 0 Å². The Morgan fingerprint density at radius 2 is 2.20 bits per heavy atom. The molecule has 0 saturated carbocycles. The minimum Gasteiger partial charge on any atom is -0.355 e. The maximum atomic E-state index is 5.56. The Balaban J connectivity index is 2.30. The standard InChI is InChI=1S/C14H21N5S/c1-4-5-12-16-13(18-15)10(2)14(17-12)19(3)8-11-6-7-20-9-11/h6-7,9H,4-5,8,15H2,1-3H3,(H,16,17,18). The average Bonchev–Trinajstić information content (AvgIpc) is 2.93. The van der Waals surface area contributed by atoms with Crippen LogP contribution in [0, 0.1) is 6.92 Å². The van der Waals surface area contributed by atoms with Crippen molar-refractivity contribution in [2.75, 3.05) is 17.4 Å². The summed E-state index contributed by atoms with van der Waals surface area (Å²) < 4.78 is 0. The number of nitrogens with one attached hydrogen (secondary N) is 1. The van der Waals surface area contributed by atoms with E-state index in [0.29, 0.717) is 5.82 Å². The van der Waals surface area contributed by atoms with E-state index in [-0.39, 0.29) is 0 Å². The Kier molecular flexibility index (Phi) is 4.92. The van der Waals surface area contributed by atoms with Gasteiger partial charge in [0.2, 0.25) is 0 Å². The van der Waals surface area contributed by atoms with E-state index < -0.39 is 0 Å². The fourth-order valence-corrected chi connectivity index (χ4v) is 2.79. The van der Waals surface area contributed by atoms with Crippen molar-refractivity contribution in [3.05, 3.63) is 33.8 Å². The summed E-state index contributed by atoms with van der Waals surface area (Å²) in [5.41, 5.74) is 4.94. The van der Waals surface area contributed by atoms with Crippen molar-refractivity contribution in [1.82, 2.24) is 9.97 Å². The molecular formula is C14H21N5S. The second kappa shape index (κ2) is 6.67. The van der Waals surface area contributed by atoms with Crippen molar-refractivity contribution >= 4 is 23.0 Å². The van der Waals surface area contributed by atoms with Gasteiger partial charge in [-0.2, -0.15) is 11.3 Å². The summed E-state index contributed by atoms with van der Waals surface area (Å²) >= 11 is 1.71. The number of hydrogen-bond donors (Lipinski definition) is 2. The minimum atomic E-state index is 0.704. The van der Waals surface area contributed by atoms with Crippen molar-refractivity contribution < 1.29 is 0 Å². The van der Waals surface area contributed by atoms with Crippen LogP contribution in [0.4, 0.5) is 11.6 Å². The SMILES string of the molecule is CCCc1nc(NN)c(C)c(N(C)Cc2ccsc2)n1. The van der Waals surface area contributed by atoms with E-state index in [1.165, 1.54) is 5.56 Å². The van der Waals surface area contributed by atoms with E-state index in [4.69, 9.17) is 5.84 Å². The van der Waals surface area contributed by atoms with Gasteiger partial charge in [-0.05, 0) is 35.7 Å². The number of hydrogen-bond acceptors (Lipinski definition) is 6. The first kappa shape index (κ1) is 14.7. The lowest BCUT2D eigenvalue weighted by atomic mass is 10.2. The largest absolute Gasteiger partial charge is 0.355 e. The molecule has 2 rings (SSSR count).